The Bertz CT molecular complexity index is 247. The zero-order chi connectivity index (χ0) is 13.0. The van der Waals surface area contributed by atoms with E-state index in [0.29, 0.717) is 24.2 Å². The summed E-state index contributed by atoms with van der Waals surface area (Å²) in [6.45, 7) is 10.1. The molecule has 0 aromatic heterocycles. The fourth-order valence-electron chi connectivity index (χ4n) is 3.68. The summed E-state index contributed by atoms with van der Waals surface area (Å²) in [7, 11) is 0. The molecule has 0 radical (unpaired) electrons. The lowest BCUT2D eigenvalue weighted by Crippen LogP contribution is -2.57. The van der Waals surface area contributed by atoms with E-state index >= 15 is 0 Å². The molecule has 18 heavy (non-hydrogen) atoms. The molecule has 1 aliphatic carbocycles. The van der Waals surface area contributed by atoms with Crippen LogP contribution in [0.1, 0.15) is 52.9 Å². The summed E-state index contributed by atoms with van der Waals surface area (Å²) >= 11 is 0. The van der Waals surface area contributed by atoms with E-state index in [9.17, 15) is 0 Å². The highest BCUT2D eigenvalue weighted by Crippen LogP contribution is 2.31. The van der Waals surface area contributed by atoms with E-state index in [1.807, 2.05) is 0 Å². The van der Waals surface area contributed by atoms with Gasteiger partial charge in [0.05, 0.1) is 12.7 Å². The lowest BCUT2D eigenvalue weighted by atomic mass is 10.0. The van der Waals surface area contributed by atoms with Crippen molar-refractivity contribution in [1.82, 2.24) is 10.2 Å². The normalized spacial score (nSPS) is 32.2. The number of morpholine rings is 1. The van der Waals surface area contributed by atoms with Crippen molar-refractivity contribution >= 4 is 0 Å². The Hall–Kier alpha value is -0.120. The van der Waals surface area contributed by atoms with Crippen molar-refractivity contribution in [3.05, 3.63) is 0 Å². The molecule has 0 aromatic rings. The average molecular weight is 254 g/mol. The van der Waals surface area contributed by atoms with E-state index in [0.717, 1.165) is 19.7 Å². The maximum absolute atomic E-state index is 5.91. The van der Waals surface area contributed by atoms with E-state index in [2.05, 4.69) is 31.0 Å². The Morgan fingerprint density at radius 2 is 2.17 bits per heavy atom. The van der Waals surface area contributed by atoms with Gasteiger partial charge in [0.25, 0.3) is 0 Å². The van der Waals surface area contributed by atoms with Crippen LogP contribution >= 0.6 is 0 Å². The molecule has 3 heteroatoms. The zero-order valence-corrected chi connectivity index (χ0v) is 12.3. The van der Waals surface area contributed by atoms with E-state index < -0.39 is 0 Å². The molecule has 1 aliphatic heterocycles. The molecule has 0 spiro atoms. The molecule has 2 aliphatic rings. The van der Waals surface area contributed by atoms with Crippen molar-refractivity contribution in [2.24, 2.45) is 0 Å². The average Bonchev–Trinajstić information content (AvgIpc) is 2.87. The summed E-state index contributed by atoms with van der Waals surface area (Å²) < 4.78 is 5.91. The van der Waals surface area contributed by atoms with Crippen LogP contribution in [0.15, 0.2) is 0 Å². The van der Waals surface area contributed by atoms with Crippen LogP contribution in [0.25, 0.3) is 0 Å². The van der Waals surface area contributed by atoms with E-state index in [-0.39, 0.29) is 0 Å². The molecular weight excluding hydrogens is 224 g/mol. The first kappa shape index (κ1) is 14.3. The van der Waals surface area contributed by atoms with Gasteiger partial charge in [0.15, 0.2) is 0 Å². The third-order valence-corrected chi connectivity index (χ3v) is 4.73. The van der Waals surface area contributed by atoms with Gasteiger partial charge in [0.2, 0.25) is 0 Å². The Labute approximate surface area is 112 Å². The van der Waals surface area contributed by atoms with E-state index in [1.54, 1.807) is 0 Å². The Balaban J connectivity index is 1.95. The molecule has 1 saturated heterocycles. The summed E-state index contributed by atoms with van der Waals surface area (Å²) in [6.07, 6.45) is 6.91. The lowest BCUT2D eigenvalue weighted by Gasteiger charge is -2.44. The Morgan fingerprint density at radius 1 is 1.33 bits per heavy atom. The minimum atomic E-state index is 0.518. The topological polar surface area (TPSA) is 24.5 Å². The van der Waals surface area contributed by atoms with Gasteiger partial charge in [-0.3, -0.25) is 4.90 Å². The number of nitrogens with zero attached hydrogens (tertiary/aromatic N) is 1. The molecule has 2 rings (SSSR count). The van der Waals surface area contributed by atoms with Gasteiger partial charge in [0.1, 0.15) is 0 Å². The molecule has 1 N–H and O–H groups in total. The quantitative estimate of drug-likeness (QED) is 0.788. The number of fused-ring (bicyclic) bond motifs is 1. The second kappa shape index (κ2) is 6.88. The summed E-state index contributed by atoms with van der Waals surface area (Å²) in [4.78, 5) is 2.72. The highest BCUT2D eigenvalue weighted by molar-refractivity contribution is 4.94. The van der Waals surface area contributed by atoms with Gasteiger partial charge in [-0.1, -0.05) is 13.8 Å². The monoisotopic (exact) mass is 254 g/mol. The molecule has 2 fully saturated rings. The first-order valence-electron chi connectivity index (χ1n) is 7.88. The van der Waals surface area contributed by atoms with Crippen LogP contribution in [-0.4, -0.2) is 48.8 Å². The van der Waals surface area contributed by atoms with Crippen LogP contribution in [0.5, 0.6) is 0 Å². The van der Waals surface area contributed by atoms with Gasteiger partial charge < -0.3 is 10.1 Å². The Morgan fingerprint density at radius 3 is 2.89 bits per heavy atom. The zero-order valence-electron chi connectivity index (χ0n) is 12.3. The second-order valence-corrected chi connectivity index (χ2v) is 5.85. The predicted molar refractivity (Wildman–Crippen MR) is 75.9 cm³/mol. The molecule has 3 nitrogen and oxygen atoms in total. The van der Waals surface area contributed by atoms with Gasteiger partial charge in [-0.05, 0) is 45.6 Å². The van der Waals surface area contributed by atoms with Crippen LogP contribution < -0.4 is 5.32 Å². The molecule has 0 amide bonds. The third-order valence-electron chi connectivity index (χ3n) is 4.73. The number of nitrogens with one attached hydrogen (secondary N) is 1. The maximum atomic E-state index is 5.91. The molecular formula is C15H30N2O. The van der Waals surface area contributed by atoms with Crippen LogP contribution in [0.4, 0.5) is 0 Å². The SMILES string of the molecule is CCCNC(CC)C(C)N1CCOC2CCCC21. The Kier molecular flexibility index (Phi) is 5.46. The van der Waals surface area contributed by atoms with Gasteiger partial charge in [-0.2, -0.15) is 0 Å². The molecule has 4 unspecified atom stereocenters. The van der Waals surface area contributed by atoms with Gasteiger partial charge in [0, 0.05) is 24.7 Å². The summed E-state index contributed by atoms with van der Waals surface area (Å²) in [5, 5.41) is 3.71. The van der Waals surface area contributed by atoms with Crippen molar-refractivity contribution in [3.8, 4) is 0 Å². The molecule has 106 valence electrons. The van der Waals surface area contributed by atoms with Gasteiger partial charge in [-0.25, -0.2) is 0 Å². The molecule has 0 aromatic carbocycles. The summed E-state index contributed by atoms with van der Waals surface area (Å²) in [5.74, 6) is 0. The third kappa shape index (κ3) is 3.06. The summed E-state index contributed by atoms with van der Waals surface area (Å²) in [5.41, 5.74) is 0. The van der Waals surface area contributed by atoms with Crippen LogP contribution in [-0.2, 0) is 4.74 Å². The van der Waals surface area contributed by atoms with E-state index in [1.165, 1.54) is 32.1 Å². The number of ether oxygens (including phenoxy) is 1. The van der Waals surface area contributed by atoms with Crippen molar-refractivity contribution in [2.45, 2.75) is 77.1 Å². The smallest absolute Gasteiger partial charge is 0.0731 e. The lowest BCUT2D eigenvalue weighted by molar-refractivity contribution is -0.0741. The number of rotatable bonds is 6. The first-order chi connectivity index (χ1) is 8.77. The maximum Gasteiger partial charge on any atom is 0.0731 e. The van der Waals surface area contributed by atoms with Crippen molar-refractivity contribution in [1.29, 1.82) is 0 Å². The van der Waals surface area contributed by atoms with Crippen molar-refractivity contribution in [2.75, 3.05) is 19.7 Å². The second-order valence-electron chi connectivity index (χ2n) is 5.85. The van der Waals surface area contributed by atoms with Crippen molar-refractivity contribution < 1.29 is 4.74 Å². The summed E-state index contributed by atoms with van der Waals surface area (Å²) in [6, 6.07) is 1.95. The van der Waals surface area contributed by atoms with Crippen LogP contribution in [0.3, 0.4) is 0 Å². The van der Waals surface area contributed by atoms with Gasteiger partial charge in [-0.15, -0.1) is 0 Å². The van der Waals surface area contributed by atoms with Crippen LogP contribution in [0.2, 0.25) is 0 Å². The van der Waals surface area contributed by atoms with Gasteiger partial charge >= 0.3 is 0 Å². The number of hydrogen-bond donors (Lipinski definition) is 1. The van der Waals surface area contributed by atoms with Crippen LogP contribution in [0, 0.1) is 0 Å². The fraction of sp³-hybridized carbons (Fsp3) is 1.00. The highest BCUT2D eigenvalue weighted by Gasteiger charge is 2.39. The van der Waals surface area contributed by atoms with Crippen molar-refractivity contribution in [3.63, 3.8) is 0 Å². The first-order valence-corrected chi connectivity index (χ1v) is 7.88. The predicted octanol–water partition coefficient (Wildman–Crippen LogP) is 2.41. The molecule has 0 bridgehead atoms. The highest BCUT2D eigenvalue weighted by atomic mass is 16.5. The molecule has 4 atom stereocenters. The minimum absolute atomic E-state index is 0.518. The standard InChI is InChI=1S/C15H30N2O/c1-4-9-16-13(5-2)12(3)17-10-11-18-15-8-6-7-14(15)17/h12-16H,4-11H2,1-3H3. The molecule has 1 saturated carbocycles. The minimum Gasteiger partial charge on any atom is -0.375 e. The largest absolute Gasteiger partial charge is 0.375 e. The van der Waals surface area contributed by atoms with E-state index in [4.69, 9.17) is 4.74 Å². The molecule has 1 heterocycles. The number of hydrogen-bond acceptors (Lipinski definition) is 3. The fourth-order valence-corrected chi connectivity index (χ4v) is 3.68.